The first kappa shape index (κ1) is 14.3. The first-order chi connectivity index (χ1) is 9.19. The summed E-state index contributed by atoms with van der Waals surface area (Å²) in [5, 5.41) is 3.54. The third-order valence-corrected chi connectivity index (χ3v) is 3.69. The molecule has 0 aromatic heterocycles. The molecule has 1 aromatic carbocycles. The molecule has 1 fully saturated rings. The maximum Gasteiger partial charge on any atom is 0.165 e. The lowest BCUT2D eigenvalue weighted by atomic mass is 9.92. The van der Waals surface area contributed by atoms with E-state index >= 15 is 0 Å². The van der Waals surface area contributed by atoms with Gasteiger partial charge in [-0.3, -0.25) is 0 Å². The van der Waals surface area contributed by atoms with Crippen molar-refractivity contribution in [1.82, 2.24) is 5.32 Å². The van der Waals surface area contributed by atoms with Crippen LogP contribution in [-0.4, -0.2) is 18.7 Å². The van der Waals surface area contributed by atoms with E-state index in [0.29, 0.717) is 11.8 Å². The Morgan fingerprint density at radius 3 is 3.00 bits per heavy atom. The molecule has 0 spiro atoms. The minimum Gasteiger partial charge on any atom is -0.487 e. The van der Waals surface area contributed by atoms with Crippen LogP contribution in [0.15, 0.2) is 18.2 Å². The second-order valence-corrected chi connectivity index (χ2v) is 5.49. The SMILES string of the molecule is CCCNC1CCCC(Oc2cc(C)ccc2F)C1. The summed E-state index contributed by atoms with van der Waals surface area (Å²) in [6, 6.07) is 5.57. The van der Waals surface area contributed by atoms with Gasteiger partial charge in [-0.05, 0) is 63.3 Å². The molecule has 0 aliphatic heterocycles. The zero-order valence-electron chi connectivity index (χ0n) is 11.9. The number of hydrogen-bond acceptors (Lipinski definition) is 2. The topological polar surface area (TPSA) is 21.3 Å². The van der Waals surface area contributed by atoms with Crippen molar-refractivity contribution in [2.45, 2.75) is 58.1 Å². The fourth-order valence-electron chi connectivity index (χ4n) is 2.67. The predicted octanol–water partition coefficient (Wildman–Crippen LogP) is 3.82. The maximum atomic E-state index is 13.7. The minimum absolute atomic E-state index is 0.138. The summed E-state index contributed by atoms with van der Waals surface area (Å²) in [6.45, 7) is 5.18. The molecule has 0 amide bonds. The maximum absolute atomic E-state index is 13.7. The highest BCUT2D eigenvalue weighted by molar-refractivity contribution is 5.29. The van der Waals surface area contributed by atoms with Gasteiger partial charge in [0.1, 0.15) is 6.10 Å². The molecule has 2 atom stereocenters. The third kappa shape index (κ3) is 4.20. The standard InChI is InChI=1S/C16H24FNO/c1-3-9-18-13-5-4-6-14(11-13)19-16-10-12(2)7-8-15(16)17/h7-8,10,13-14,18H,3-6,9,11H2,1-2H3. The van der Waals surface area contributed by atoms with Crippen molar-refractivity contribution in [3.8, 4) is 5.75 Å². The fourth-order valence-corrected chi connectivity index (χ4v) is 2.67. The Labute approximate surface area is 115 Å². The first-order valence-electron chi connectivity index (χ1n) is 7.35. The number of nitrogens with one attached hydrogen (secondary N) is 1. The Bertz CT molecular complexity index is 408. The molecule has 2 rings (SSSR count). The lowest BCUT2D eigenvalue weighted by Gasteiger charge is -2.30. The van der Waals surface area contributed by atoms with Crippen LogP contribution >= 0.6 is 0 Å². The van der Waals surface area contributed by atoms with Gasteiger partial charge in [0.05, 0.1) is 0 Å². The Hall–Kier alpha value is -1.09. The molecule has 19 heavy (non-hydrogen) atoms. The quantitative estimate of drug-likeness (QED) is 0.873. The van der Waals surface area contributed by atoms with Gasteiger partial charge in [-0.25, -0.2) is 4.39 Å². The van der Waals surface area contributed by atoms with Crippen LogP contribution in [0.2, 0.25) is 0 Å². The highest BCUT2D eigenvalue weighted by Crippen LogP contribution is 2.26. The smallest absolute Gasteiger partial charge is 0.165 e. The van der Waals surface area contributed by atoms with Gasteiger partial charge < -0.3 is 10.1 Å². The zero-order chi connectivity index (χ0) is 13.7. The second-order valence-electron chi connectivity index (χ2n) is 5.49. The lowest BCUT2D eigenvalue weighted by molar-refractivity contribution is 0.129. The molecule has 1 aliphatic carbocycles. The van der Waals surface area contributed by atoms with E-state index in [0.717, 1.165) is 37.8 Å². The summed E-state index contributed by atoms with van der Waals surface area (Å²) in [5.74, 6) is 0.149. The summed E-state index contributed by atoms with van der Waals surface area (Å²) in [7, 11) is 0. The number of aryl methyl sites for hydroxylation is 1. The molecule has 1 saturated carbocycles. The number of hydrogen-bond donors (Lipinski definition) is 1. The predicted molar refractivity (Wildman–Crippen MR) is 76.1 cm³/mol. The molecule has 2 unspecified atom stereocenters. The van der Waals surface area contributed by atoms with E-state index in [-0.39, 0.29) is 11.9 Å². The Balaban J connectivity index is 1.93. The summed E-state index contributed by atoms with van der Waals surface area (Å²) in [4.78, 5) is 0. The summed E-state index contributed by atoms with van der Waals surface area (Å²) in [6.07, 6.45) is 5.65. The van der Waals surface area contributed by atoms with Gasteiger partial charge in [0.25, 0.3) is 0 Å². The number of ether oxygens (including phenoxy) is 1. The van der Waals surface area contributed by atoms with E-state index in [4.69, 9.17) is 4.74 Å². The monoisotopic (exact) mass is 265 g/mol. The molecule has 3 heteroatoms. The van der Waals surface area contributed by atoms with Crippen LogP contribution in [0.25, 0.3) is 0 Å². The number of rotatable bonds is 5. The van der Waals surface area contributed by atoms with Gasteiger partial charge in [0.15, 0.2) is 11.6 Å². The Morgan fingerprint density at radius 1 is 1.37 bits per heavy atom. The Morgan fingerprint density at radius 2 is 2.21 bits per heavy atom. The normalized spacial score (nSPS) is 23.3. The largest absolute Gasteiger partial charge is 0.487 e. The van der Waals surface area contributed by atoms with Crippen molar-refractivity contribution >= 4 is 0 Å². The summed E-state index contributed by atoms with van der Waals surface area (Å²) >= 11 is 0. The van der Waals surface area contributed by atoms with Crippen molar-refractivity contribution in [3.63, 3.8) is 0 Å². The first-order valence-corrected chi connectivity index (χ1v) is 7.35. The van der Waals surface area contributed by atoms with Gasteiger partial charge in [-0.15, -0.1) is 0 Å². The lowest BCUT2D eigenvalue weighted by Crippen LogP contribution is -2.38. The van der Waals surface area contributed by atoms with Crippen LogP contribution in [0.5, 0.6) is 5.75 Å². The van der Waals surface area contributed by atoms with E-state index in [9.17, 15) is 4.39 Å². The van der Waals surface area contributed by atoms with Crippen molar-refractivity contribution in [2.75, 3.05) is 6.54 Å². The van der Waals surface area contributed by atoms with E-state index < -0.39 is 0 Å². The minimum atomic E-state index is -0.255. The summed E-state index contributed by atoms with van der Waals surface area (Å²) in [5.41, 5.74) is 1.04. The van der Waals surface area contributed by atoms with Crippen molar-refractivity contribution < 1.29 is 9.13 Å². The molecule has 0 heterocycles. The molecule has 0 bridgehead atoms. The molecule has 1 aliphatic rings. The van der Waals surface area contributed by atoms with Gasteiger partial charge >= 0.3 is 0 Å². The van der Waals surface area contributed by atoms with E-state index in [1.54, 1.807) is 12.1 Å². The fraction of sp³-hybridized carbons (Fsp3) is 0.625. The van der Waals surface area contributed by atoms with Gasteiger partial charge in [0.2, 0.25) is 0 Å². The average molecular weight is 265 g/mol. The highest BCUT2D eigenvalue weighted by Gasteiger charge is 2.23. The van der Waals surface area contributed by atoms with Crippen LogP contribution < -0.4 is 10.1 Å². The third-order valence-electron chi connectivity index (χ3n) is 3.69. The van der Waals surface area contributed by atoms with Crippen LogP contribution in [0.4, 0.5) is 4.39 Å². The van der Waals surface area contributed by atoms with E-state index in [1.165, 1.54) is 12.5 Å². The average Bonchev–Trinajstić information content (AvgIpc) is 2.41. The van der Waals surface area contributed by atoms with Crippen LogP contribution in [-0.2, 0) is 0 Å². The van der Waals surface area contributed by atoms with Gasteiger partial charge in [0, 0.05) is 6.04 Å². The van der Waals surface area contributed by atoms with Crippen molar-refractivity contribution in [2.24, 2.45) is 0 Å². The number of benzene rings is 1. The highest BCUT2D eigenvalue weighted by atomic mass is 19.1. The molecular weight excluding hydrogens is 241 g/mol. The Kier molecular flexibility index (Phi) is 5.20. The van der Waals surface area contributed by atoms with E-state index in [1.807, 2.05) is 6.92 Å². The molecule has 106 valence electrons. The zero-order valence-corrected chi connectivity index (χ0v) is 11.9. The van der Waals surface area contributed by atoms with E-state index in [2.05, 4.69) is 12.2 Å². The molecule has 0 saturated heterocycles. The molecular formula is C16H24FNO. The second kappa shape index (κ2) is 6.90. The molecule has 1 aromatic rings. The summed E-state index contributed by atoms with van der Waals surface area (Å²) < 4.78 is 19.5. The van der Waals surface area contributed by atoms with Crippen LogP contribution in [0.1, 0.15) is 44.6 Å². The van der Waals surface area contributed by atoms with Crippen LogP contribution in [0, 0.1) is 12.7 Å². The van der Waals surface area contributed by atoms with Crippen LogP contribution in [0.3, 0.4) is 0 Å². The molecule has 2 nitrogen and oxygen atoms in total. The van der Waals surface area contributed by atoms with Crippen molar-refractivity contribution in [1.29, 1.82) is 0 Å². The van der Waals surface area contributed by atoms with Crippen molar-refractivity contribution in [3.05, 3.63) is 29.6 Å². The number of halogens is 1. The molecule has 0 radical (unpaired) electrons. The van der Waals surface area contributed by atoms with Gasteiger partial charge in [-0.2, -0.15) is 0 Å². The van der Waals surface area contributed by atoms with Gasteiger partial charge in [-0.1, -0.05) is 13.0 Å². The molecule has 1 N–H and O–H groups in total.